The molecule has 0 aliphatic heterocycles. The van der Waals surface area contributed by atoms with Gasteiger partial charge in [-0.1, -0.05) is 23.2 Å². The van der Waals surface area contributed by atoms with Gasteiger partial charge in [0.05, 0.1) is 24.1 Å². The van der Waals surface area contributed by atoms with Crippen molar-refractivity contribution >= 4 is 40.2 Å². The van der Waals surface area contributed by atoms with Crippen LogP contribution in [0.15, 0.2) is 37.1 Å². The number of rotatable bonds is 4. The maximum atomic E-state index is 6.04. The van der Waals surface area contributed by atoms with Gasteiger partial charge in [-0.15, -0.1) is 11.3 Å². The van der Waals surface area contributed by atoms with Crippen molar-refractivity contribution in [1.29, 1.82) is 0 Å². The summed E-state index contributed by atoms with van der Waals surface area (Å²) in [5, 5.41) is 8.96. The average Bonchev–Trinajstić information content (AvgIpc) is 3.08. The number of anilines is 1. The number of thiazole rings is 1. The Morgan fingerprint density at radius 3 is 2.90 bits per heavy atom. The van der Waals surface area contributed by atoms with E-state index in [2.05, 4.69) is 20.4 Å². The van der Waals surface area contributed by atoms with Crippen LogP contribution >= 0.6 is 34.5 Å². The van der Waals surface area contributed by atoms with Crippen LogP contribution in [0.4, 0.5) is 5.69 Å². The molecule has 102 valence electrons. The molecule has 0 saturated carbocycles. The largest absolute Gasteiger partial charge is 0.377 e. The molecule has 1 aromatic carbocycles. The third-order valence-corrected chi connectivity index (χ3v) is 3.93. The molecule has 5 nitrogen and oxygen atoms in total. The highest BCUT2D eigenvalue weighted by atomic mass is 35.5. The van der Waals surface area contributed by atoms with Crippen LogP contribution in [0.3, 0.4) is 0 Å². The molecule has 0 amide bonds. The summed E-state index contributed by atoms with van der Waals surface area (Å²) in [4.78, 5) is 8.15. The van der Waals surface area contributed by atoms with Gasteiger partial charge in [0.15, 0.2) is 0 Å². The van der Waals surface area contributed by atoms with E-state index in [0.717, 1.165) is 16.4 Å². The van der Waals surface area contributed by atoms with Crippen LogP contribution in [0.2, 0.25) is 9.36 Å². The van der Waals surface area contributed by atoms with Crippen LogP contribution in [-0.4, -0.2) is 19.7 Å². The third-order valence-electron chi connectivity index (χ3n) is 2.58. The first-order valence-corrected chi connectivity index (χ1v) is 7.28. The zero-order valence-corrected chi connectivity index (χ0v) is 12.5. The van der Waals surface area contributed by atoms with Crippen molar-refractivity contribution in [3.8, 4) is 5.69 Å². The number of hydrogen-bond acceptors (Lipinski definition) is 5. The molecule has 0 unspecified atom stereocenters. The Balaban J connectivity index is 1.86. The van der Waals surface area contributed by atoms with E-state index >= 15 is 0 Å². The Labute approximate surface area is 129 Å². The second kappa shape index (κ2) is 5.78. The average molecular weight is 326 g/mol. The maximum absolute atomic E-state index is 6.04. The van der Waals surface area contributed by atoms with Gasteiger partial charge in [0.25, 0.3) is 0 Å². The lowest BCUT2D eigenvalue weighted by Gasteiger charge is -2.11. The molecule has 20 heavy (non-hydrogen) atoms. The molecular formula is C12H9Cl2N5S. The zero-order valence-electron chi connectivity index (χ0n) is 10.1. The molecule has 0 aliphatic rings. The predicted molar refractivity (Wildman–Crippen MR) is 80.8 cm³/mol. The van der Waals surface area contributed by atoms with Crippen molar-refractivity contribution in [2.45, 2.75) is 6.54 Å². The van der Waals surface area contributed by atoms with E-state index in [0.29, 0.717) is 15.9 Å². The van der Waals surface area contributed by atoms with Crippen molar-refractivity contribution in [3.63, 3.8) is 0 Å². The fourth-order valence-corrected chi connectivity index (χ4v) is 2.79. The van der Waals surface area contributed by atoms with E-state index in [-0.39, 0.29) is 0 Å². The van der Waals surface area contributed by atoms with E-state index in [1.54, 1.807) is 17.2 Å². The third kappa shape index (κ3) is 2.92. The van der Waals surface area contributed by atoms with Gasteiger partial charge < -0.3 is 5.32 Å². The van der Waals surface area contributed by atoms with E-state index < -0.39 is 0 Å². The quantitative estimate of drug-likeness (QED) is 0.795. The first-order valence-electron chi connectivity index (χ1n) is 5.71. The molecule has 8 heteroatoms. The normalized spacial score (nSPS) is 10.7. The van der Waals surface area contributed by atoms with Crippen molar-refractivity contribution in [2.24, 2.45) is 0 Å². The van der Waals surface area contributed by atoms with Gasteiger partial charge in [-0.2, -0.15) is 5.10 Å². The topological polar surface area (TPSA) is 55.6 Å². The van der Waals surface area contributed by atoms with Gasteiger partial charge in [-0.25, -0.2) is 14.6 Å². The number of benzene rings is 1. The van der Waals surface area contributed by atoms with E-state index in [1.165, 1.54) is 17.7 Å². The summed E-state index contributed by atoms with van der Waals surface area (Å²) in [6.45, 7) is 0.569. The summed E-state index contributed by atoms with van der Waals surface area (Å²) < 4.78 is 2.34. The van der Waals surface area contributed by atoms with Crippen LogP contribution < -0.4 is 5.32 Å². The maximum Gasteiger partial charge on any atom is 0.138 e. The molecule has 0 radical (unpaired) electrons. The Bertz CT molecular complexity index is 710. The molecule has 0 saturated heterocycles. The fourth-order valence-electron chi connectivity index (χ4n) is 1.72. The fraction of sp³-hybridized carbons (Fsp3) is 0.0833. The van der Waals surface area contributed by atoms with Crippen LogP contribution in [-0.2, 0) is 6.54 Å². The van der Waals surface area contributed by atoms with E-state index in [9.17, 15) is 0 Å². The molecular weight excluding hydrogens is 317 g/mol. The standard InChI is InChI=1S/C12H9Cl2N5S/c13-8-1-2-10(19-7-15-6-18-19)9(3-8)16-5-12-17-4-11(14)20-12/h1-4,6-7,16H,5H2. The van der Waals surface area contributed by atoms with Crippen LogP contribution in [0, 0.1) is 0 Å². The van der Waals surface area contributed by atoms with Gasteiger partial charge in [-0.3, -0.25) is 0 Å². The summed E-state index contributed by atoms with van der Waals surface area (Å²) in [5.74, 6) is 0. The van der Waals surface area contributed by atoms with Crippen LogP contribution in [0.25, 0.3) is 5.69 Å². The molecule has 1 N–H and O–H groups in total. The van der Waals surface area contributed by atoms with Gasteiger partial charge in [0, 0.05) is 5.02 Å². The summed E-state index contributed by atoms with van der Waals surface area (Å²) in [6, 6.07) is 5.53. The molecule has 0 spiro atoms. The minimum Gasteiger partial charge on any atom is -0.377 e. The van der Waals surface area contributed by atoms with Crippen molar-refractivity contribution < 1.29 is 0 Å². The summed E-state index contributed by atoms with van der Waals surface area (Å²) >= 11 is 13.3. The van der Waals surface area contributed by atoms with Crippen LogP contribution in [0.5, 0.6) is 0 Å². The minimum atomic E-state index is 0.569. The summed E-state index contributed by atoms with van der Waals surface area (Å²) in [6.07, 6.45) is 4.76. The predicted octanol–water partition coefficient (Wildman–Crippen LogP) is 3.64. The van der Waals surface area contributed by atoms with Gasteiger partial charge >= 0.3 is 0 Å². The van der Waals surface area contributed by atoms with Crippen molar-refractivity contribution in [2.75, 3.05) is 5.32 Å². The second-order valence-corrected chi connectivity index (χ2v) is 6.10. The highest BCUT2D eigenvalue weighted by Gasteiger charge is 2.07. The zero-order chi connectivity index (χ0) is 13.9. The molecule has 3 rings (SSSR count). The summed E-state index contributed by atoms with van der Waals surface area (Å²) in [7, 11) is 0. The van der Waals surface area contributed by atoms with Crippen molar-refractivity contribution in [1.82, 2.24) is 19.7 Å². The molecule has 3 aromatic rings. The Kier molecular flexibility index (Phi) is 3.86. The number of nitrogens with zero attached hydrogens (tertiary/aromatic N) is 4. The first kappa shape index (κ1) is 13.4. The van der Waals surface area contributed by atoms with Crippen LogP contribution in [0.1, 0.15) is 5.01 Å². The lowest BCUT2D eigenvalue weighted by molar-refractivity contribution is 0.877. The first-order chi connectivity index (χ1) is 9.72. The molecule has 2 heterocycles. The Morgan fingerprint density at radius 1 is 1.30 bits per heavy atom. The molecule has 0 atom stereocenters. The molecule has 0 aliphatic carbocycles. The lowest BCUT2D eigenvalue weighted by Crippen LogP contribution is -2.04. The number of nitrogens with one attached hydrogen (secondary N) is 1. The second-order valence-electron chi connectivity index (χ2n) is 3.91. The lowest BCUT2D eigenvalue weighted by atomic mass is 10.2. The Morgan fingerprint density at radius 2 is 2.20 bits per heavy atom. The van der Waals surface area contributed by atoms with E-state index in [1.807, 2.05) is 18.2 Å². The number of hydrogen-bond donors (Lipinski definition) is 1. The number of aromatic nitrogens is 4. The monoisotopic (exact) mass is 325 g/mol. The smallest absolute Gasteiger partial charge is 0.138 e. The SMILES string of the molecule is Clc1ccc(-n2cncn2)c(NCc2ncc(Cl)s2)c1. The molecule has 0 fully saturated rings. The molecule has 0 bridgehead atoms. The molecule has 2 aromatic heterocycles. The number of halogens is 2. The Hall–Kier alpha value is -1.63. The highest BCUT2D eigenvalue weighted by molar-refractivity contribution is 7.15. The summed E-state index contributed by atoms with van der Waals surface area (Å²) in [5.41, 5.74) is 1.73. The van der Waals surface area contributed by atoms with Gasteiger partial charge in [0.2, 0.25) is 0 Å². The van der Waals surface area contributed by atoms with E-state index in [4.69, 9.17) is 23.2 Å². The minimum absolute atomic E-state index is 0.569. The van der Waals surface area contributed by atoms with Gasteiger partial charge in [-0.05, 0) is 18.2 Å². The van der Waals surface area contributed by atoms with Crippen molar-refractivity contribution in [3.05, 3.63) is 51.4 Å². The van der Waals surface area contributed by atoms with Gasteiger partial charge in [0.1, 0.15) is 22.0 Å². The highest BCUT2D eigenvalue weighted by Crippen LogP contribution is 2.25.